The molecule has 2 nitrogen and oxygen atoms in total. The fraction of sp³-hybridized carbons (Fsp3) is 1.00. The van der Waals surface area contributed by atoms with Crippen molar-refractivity contribution in [3.05, 3.63) is 0 Å². The van der Waals surface area contributed by atoms with Gasteiger partial charge in [0, 0.05) is 0 Å². The van der Waals surface area contributed by atoms with Gasteiger partial charge in [-0.05, 0) is 0 Å². The van der Waals surface area contributed by atoms with Crippen LogP contribution in [0.4, 0.5) is 35.5 Å². The summed E-state index contributed by atoms with van der Waals surface area (Å²) in [6.45, 7) is 0. The highest BCUT2D eigenvalue weighted by Gasteiger charge is 2.68. The average Bonchev–Trinajstić information content (AvgIpc) is 1.86. The van der Waals surface area contributed by atoms with Gasteiger partial charge in [-0.2, -0.15) is 17.6 Å². The van der Waals surface area contributed by atoms with Gasteiger partial charge < -0.3 is 0 Å². The van der Waals surface area contributed by atoms with Crippen molar-refractivity contribution >= 4 is 0 Å². The van der Waals surface area contributed by atoms with Gasteiger partial charge in [0.05, 0.1) is 10.7 Å². The summed E-state index contributed by atoms with van der Waals surface area (Å²) in [7, 11) is 0. The van der Waals surface area contributed by atoms with Crippen LogP contribution in [-0.2, 0) is 0 Å². The number of alkyl halides is 4. The molecule has 0 aliphatic carbocycles. The molecule has 0 bridgehead atoms. The first-order valence-corrected chi connectivity index (χ1v) is 2.13. The Morgan fingerprint density at radius 2 is 0.750 bits per heavy atom. The zero-order chi connectivity index (χ0) is 10.2. The third-order valence-corrected chi connectivity index (χ3v) is 0.786. The fourth-order valence-electron chi connectivity index (χ4n) is 0.203. The van der Waals surface area contributed by atoms with Gasteiger partial charge in [-0.15, -0.1) is 0 Å². The van der Waals surface area contributed by atoms with Crippen molar-refractivity contribution in [2.45, 2.75) is 12.1 Å². The lowest BCUT2D eigenvalue weighted by Gasteiger charge is -2.24. The summed E-state index contributed by atoms with van der Waals surface area (Å²) in [5.74, 6) is 0. The third kappa shape index (κ3) is 1.58. The lowest BCUT2D eigenvalue weighted by molar-refractivity contribution is -0.476. The summed E-state index contributed by atoms with van der Waals surface area (Å²) < 4.78 is 89.6. The molecule has 0 aromatic carbocycles. The molecule has 0 saturated heterocycles. The van der Waals surface area contributed by atoms with Crippen LogP contribution in [0, 0.1) is 0 Å². The maximum Gasteiger partial charge on any atom is 0.438 e. The summed E-state index contributed by atoms with van der Waals surface area (Å²) >= 11 is 0. The molecule has 0 aromatic rings. The van der Waals surface area contributed by atoms with Crippen molar-refractivity contribution in [1.29, 1.82) is 0 Å². The minimum absolute atomic E-state index is 3.29. The zero-order valence-corrected chi connectivity index (χ0v) is 4.92. The molecule has 0 atom stereocenters. The minimum Gasteiger partial charge on any atom is -0.174 e. The Bertz CT molecular complexity index is 135. The van der Waals surface area contributed by atoms with Crippen molar-refractivity contribution in [1.82, 2.24) is 10.7 Å². The second-order valence-electron chi connectivity index (χ2n) is 1.55. The molecule has 0 heterocycles. The topological polar surface area (TPSA) is 6.48 Å². The Hall–Kier alpha value is -0.640. The van der Waals surface area contributed by atoms with Gasteiger partial charge in [0.15, 0.2) is 0 Å². The molecule has 0 spiro atoms. The Morgan fingerprint density at radius 1 is 0.583 bits per heavy atom. The first-order valence-electron chi connectivity index (χ1n) is 2.13. The van der Waals surface area contributed by atoms with E-state index in [0.29, 0.717) is 0 Å². The lowest BCUT2D eigenvalue weighted by atomic mass is 10.5. The number of hydrogen-bond acceptors (Lipinski definition) is 2. The molecule has 0 saturated carbocycles. The van der Waals surface area contributed by atoms with Gasteiger partial charge in [-0.25, -0.2) is 0 Å². The SMILES string of the molecule is FN(F)C(F)(F)C(F)(F)N(F)F. The molecule has 0 aliphatic rings. The maximum atomic E-state index is 11.5. The molecule has 10 heteroatoms. The standard InChI is InChI=1S/C2F8N2/c3-1(4,11(7)8)2(5,6)12(9)10. The van der Waals surface area contributed by atoms with Crippen LogP contribution in [0.2, 0.25) is 0 Å². The largest absolute Gasteiger partial charge is 0.438 e. The van der Waals surface area contributed by atoms with E-state index in [1.54, 1.807) is 0 Å². The van der Waals surface area contributed by atoms with Crippen LogP contribution in [0.5, 0.6) is 0 Å². The zero-order valence-electron chi connectivity index (χ0n) is 4.92. The van der Waals surface area contributed by atoms with E-state index in [1.807, 2.05) is 0 Å². The van der Waals surface area contributed by atoms with Crippen molar-refractivity contribution in [3.63, 3.8) is 0 Å². The number of halogens is 8. The van der Waals surface area contributed by atoms with Crippen molar-refractivity contribution in [3.8, 4) is 0 Å². The molecule has 0 radical (unpaired) electrons. The van der Waals surface area contributed by atoms with Crippen LogP contribution >= 0.6 is 0 Å². The second kappa shape index (κ2) is 3.01. The van der Waals surface area contributed by atoms with E-state index >= 15 is 0 Å². The predicted molar refractivity (Wildman–Crippen MR) is 18.0 cm³/mol. The van der Waals surface area contributed by atoms with Crippen molar-refractivity contribution in [2.75, 3.05) is 0 Å². The van der Waals surface area contributed by atoms with Crippen molar-refractivity contribution in [2.24, 2.45) is 0 Å². The summed E-state index contributed by atoms with van der Waals surface area (Å²) in [6, 6.07) is -12.5. The highest BCUT2D eigenvalue weighted by atomic mass is 19.4. The summed E-state index contributed by atoms with van der Waals surface area (Å²) in [5, 5.41) is -6.59. The summed E-state index contributed by atoms with van der Waals surface area (Å²) in [5.41, 5.74) is 0. The molecule has 0 fully saturated rings. The van der Waals surface area contributed by atoms with Crippen LogP contribution in [0.25, 0.3) is 0 Å². The van der Waals surface area contributed by atoms with E-state index < -0.39 is 22.8 Å². The Labute approximate surface area is 59.7 Å². The molecule has 0 aromatic heterocycles. The monoisotopic (exact) mass is 204 g/mol. The van der Waals surface area contributed by atoms with Crippen LogP contribution in [0.1, 0.15) is 0 Å². The van der Waals surface area contributed by atoms with Gasteiger partial charge in [-0.1, -0.05) is 17.9 Å². The van der Waals surface area contributed by atoms with Crippen LogP contribution < -0.4 is 0 Å². The first-order chi connectivity index (χ1) is 5.14. The lowest BCUT2D eigenvalue weighted by Crippen LogP contribution is -2.53. The molecule has 74 valence electrons. The Balaban J connectivity index is 4.75. The van der Waals surface area contributed by atoms with Gasteiger partial charge >= 0.3 is 12.1 Å². The maximum absolute atomic E-state index is 11.5. The molecule has 0 aliphatic heterocycles. The second-order valence-corrected chi connectivity index (χ2v) is 1.55. The number of rotatable bonds is 3. The Morgan fingerprint density at radius 3 is 0.833 bits per heavy atom. The molecular weight excluding hydrogens is 204 g/mol. The van der Waals surface area contributed by atoms with Crippen LogP contribution in [-0.4, -0.2) is 22.8 Å². The quantitative estimate of drug-likeness (QED) is 0.395. The average molecular weight is 204 g/mol. The smallest absolute Gasteiger partial charge is 0.174 e. The van der Waals surface area contributed by atoms with E-state index in [4.69, 9.17) is 0 Å². The van der Waals surface area contributed by atoms with Gasteiger partial charge in [0.2, 0.25) is 0 Å². The fourth-order valence-corrected chi connectivity index (χ4v) is 0.203. The summed E-state index contributed by atoms with van der Waals surface area (Å²) in [4.78, 5) is 0. The summed E-state index contributed by atoms with van der Waals surface area (Å²) in [6.07, 6.45) is 0. The molecule has 12 heavy (non-hydrogen) atoms. The normalized spacial score (nSPS) is 14.5. The highest BCUT2D eigenvalue weighted by molar-refractivity contribution is 4.72. The number of hydrogen-bond donors (Lipinski definition) is 0. The number of nitrogens with zero attached hydrogens (tertiary/aromatic N) is 2. The van der Waals surface area contributed by atoms with Crippen LogP contribution in [0.15, 0.2) is 0 Å². The first kappa shape index (κ1) is 11.4. The molecule has 0 N–H and O–H groups in total. The van der Waals surface area contributed by atoms with E-state index in [1.165, 1.54) is 0 Å². The van der Waals surface area contributed by atoms with Gasteiger partial charge in [-0.3, -0.25) is 0 Å². The molecule has 0 amide bonds. The van der Waals surface area contributed by atoms with E-state index in [0.717, 1.165) is 0 Å². The Kier molecular flexibility index (Phi) is 2.85. The van der Waals surface area contributed by atoms with Gasteiger partial charge in [0.25, 0.3) is 0 Å². The van der Waals surface area contributed by atoms with Crippen LogP contribution in [0.3, 0.4) is 0 Å². The van der Waals surface area contributed by atoms with E-state index in [2.05, 4.69) is 0 Å². The molecule has 0 unspecified atom stereocenters. The molecular formula is C2F8N2. The molecule has 0 rings (SSSR count). The predicted octanol–water partition coefficient (Wildman–Crippen LogP) is 2.31. The minimum atomic E-state index is -6.24. The van der Waals surface area contributed by atoms with Gasteiger partial charge in [0.1, 0.15) is 0 Å². The van der Waals surface area contributed by atoms with E-state index in [9.17, 15) is 35.5 Å². The highest BCUT2D eigenvalue weighted by Crippen LogP contribution is 2.40. The third-order valence-electron chi connectivity index (χ3n) is 0.786. The van der Waals surface area contributed by atoms with E-state index in [-0.39, 0.29) is 0 Å². The van der Waals surface area contributed by atoms with Crippen molar-refractivity contribution < 1.29 is 35.5 Å².